The molecule has 0 aliphatic carbocycles. The van der Waals surface area contributed by atoms with E-state index in [-0.39, 0.29) is 10.9 Å². The van der Waals surface area contributed by atoms with Crippen molar-refractivity contribution in [1.82, 2.24) is 5.32 Å². The summed E-state index contributed by atoms with van der Waals surface area (Å²) >= 11 is 0. The third-order valence-corrected chi connectivity index (χ3v) is 3.77. The van der Waals surface area contributed by atoms with Crippen LogP contribution in [0.1, 0.15) is 18.5 Å². The standard InChI is InChI=1S/C13H22N2O4S/c1-11(15-7-8-19-10-9-18-2)12-3-5-13(6-4-12)20(14,16)17/h3-6,11,15H,7-10H2,1-2H3,(H2,14,16,17). The largest absolute Gasteiger partial charge is 0.382 e. The van der Waals surface area contributed by atoms with Crippen LogP contribution in [-0.4, -0.2) is 41.9 Å². The quantitative estimate of drug-likeness (QED) is 0.654. The summed E-state index contributed by atoms with van der Waals surface area (Å²) in [6.07, 6.45) is 0. The van der Waals surface area contributed by atoms with E-state index in [1.165, 1.54) is 12.1 Å². The first kappa shape index (κ1) is 17.1. The number of methoxy groups -OCH3 is 1. The molecule has 1 aromatic carbocycles. The summed E-state index contributed by atoms with van der Waals surface area (Å²) in [7, 11) is -1.99. The summed E-state index contributed by atoms with van der Waals surface area (Å²) in [5, 5.41) is 8.34. The van der Waals surface area contributed by atoms with Gasteiger partial charge in [-0.2, -0.15) is 0 Å². The van der Waals surface area contributed by atoms with Crippen LogP contribution in [0.2, 0.25) is 0 Å². The highest BCUT2D eigenvalue weighted by Crippen LogP contribution is 2.15. The van der Waals surface area contributed by atoms with Crippen LogP contribution in [0.15, 0.2) is 29.2 Å². The highest BCUT2D eigenvalue weighted by Gasteiger charge is 2.09. The zero-order chi connectivity index (χ0) is 15.0. The van der Waals surface area contributed by atoms with Crippen LogP contribution in [-0.2, 0) is 19.5 Å². The number of benzene rings is 1. The Morgan fingerprint density at radius 3 is 2.40 bits per heavy atom. The Hall–Kier alpha value is -0.990. The first-order valence-electron chi connectivity index (χ1n) is 6.38. The van der Waals surface area contributed by atoms with Crippen molar-refractivity contribution in [3.8, 4) is 0 Å². The predicted molar refractivity (Wildman–Crippen MR) is 76.9 cm³/mol. The van der Waals surface area contributed by atoms with E-state index in [2.05, 4.69) is 5.32 Å². The van der Waals surface area contributed by atoms with Gasteiger partial charge in [-0.1, -0.05) is 12.1 Å². The number of hydrogen-bond donors (Lipinski definition) is 2. The second-order valence-electron chi connectivity index (χ2n) is 4.40. The molecule has 0 aliphatic heterocycles. The van der Waals surface area contributed by atoms with Gasteiger partial charge in [0.05, 0.1) is 24.7 Å². The zero-order valence-electron chi connectivity index (χ0n) is 11.8. The number of rotatable bonds is 9. The van der Waals surface area contributed by atoms with Crippen LogP contribution >= 0.6 is 0 Å². The fourth-order valence-electron chi connectivity index (χ4n) is 1.66. The average molecular weight is 302 g/mol. The van der Waals surface area contributed by atoms with Crippen molar-refractivity contribution in [1.29, 1.82) is 0 Å². The van der Waals surface area contributed by atoms with Crippen LogP contribution in [0.5, 0.6) is 0 Å². The Morgan fingerprint density at radius 2 is 1.85 bits per heavy atom. The van der Waals surface area contributed by atoms with Crippen LogP contribution in [0.25, 0.3) is 0 Å². The fraction of sp³-hybridized carbons (Fsp3) is 0.538. The van der Waals surface area contributed by atoms with Crippen molar-refractivity contribution >= 4 is 10.0 Å². The second kappa shape index (κ2) is 8.33. The van der Waals surface area contributed by atoms with Crippen molar-refractivity contribution in [2.75, 3.05) is 33.5 Å². The topological polar surface area (TPSA) is 90.7 Å². The lowest BCUT2D eigenvalue weighted by atomic mass is 10.1. The number of sulfonamides is 1. The molecule has 1 atom stereocenters. The summed E-state index contributed by atoms with van der Waals surface area (Å²) in [6.45, 7) is 4.48. The van der Waals surface area contributed by atoms with Gasteiger partial charge >= 0.3 is 0 Å². The molecule has 114 valence electrons. The van der Waals surface area contributed by atoms with Gasteiger partial charge in [-0.15, -0.1) is 0 Å². The van der Waals surface area contributed by atoms with Crippen molar-refractivity contribution in [3.63, 3.8) is 0 Å². The third-order valence-electron chi connectivity index (χ3n) is 2.84. The van der Waals surface area contributed by atoms with E-state index in [4.69, 9.17) is 14.6 Å². The molecular weight excluding hydrogens is 280 g/mol. The van der Waals surface area contributed by atoms with Gasteiger partial charge < -0.3 is 14.8 Å². The van der Waals surface area contributed by atoms with E-state index < -0.39 is 10.0 Å². The van der Waals surface area contributed by atoms with E-state index in [1.54, 1.807) is 19.2 Å². The molecule has 1 aromatic rings. The molecule has 0 spiro atoms. The lowest BCUT2D eigenvalue weighted by molar-refractivity contribution is 0.0712. The van der Waals surface area contributed by atoms with Crippen LogP contribution in [0.4, 0.5) is 0 Å². The van der Waals surface area contributed by atoms with E-state index >= 15 is 0 Å². The molecule has 6 nitrogen and oxygen atoms in total. The number of hydrogen-bond acceptors (Lipinski definition) is 5. The van der Waals surface area contributed by atoms with Gasteiger partial charge in [-0.05, 0) is 24.6 Å². The van der Waals surface area contributed by atoms with Crippen molar-refractivity contribution in [2.24, 2.45) is 5.14 Å². The molecule has 0 bridgehead atoms. The predicted octanol–water partition coefficient (Wildman–Crippen LogP) is 0.648. The molecule has 0 aromatic heterocycles. The number of ether oxygens (including phenoxy) is 2. The summed E-state index contributed by atoms with van der Waals surface area (Å²) in [4.78, 5) is 0.122. The van der Waals surface area contributed by atoms with Gasteiger partial charge in [0.1, 0.15) is 0 Å². The highest BCUT2D eigenvalue weighted by molar-refractivity contribution is 7.89. The summed E-state index contributed by atoms with van der Waals surface area (Å²) in [6, 6.07) is 6.64. The van der Waals surface area contributed by atoms with Crippen molar-refractivity contribution in [3.05, 3.63) is 29.8 Å². The summed E-state index contributed by atoms with van der Waals surface area (Å²) in [5.41, 5.74) is 0.995. The second-order valence-corrected chi connectivity index (χ2v) is 5.96. The Balaban J connectivity index is 2.38. The van der Waals surface area contributed by atoms with Crippen LogP contribution in [0.3, 0.4) is 0 Å². The Bertz CT molecular complexity index is 488. The first-order valence-corrected chi connectivity index (χ1v) is 7.92. The molecule has 0 fully saturated rings. The van der Waals surface area contributed by atoms with Crippen LogP contribution in [0, 0.1) is 0 Å². The van der Waals surface area contributed by atoms with Crippen molar-refractivity contribution in [2.45, 2.75) is 17.9 Å². The van der Waals surface area contributed by atoms with Gasteiger partial charge in [0.15, 0.2) is 0 Å². The Labute approximate surface area is 120 Å². The first-order chi connectivity index (χ1) is 9.45. The maximum atomic E-state index is 11.1. The lowest BCUT2D eigenvalue weighted by Gasteiger charge is -2.14. The van der Waals surface area contributed by atoms with Gasteiger partial charge in [-0.3, -0.25) is 0 Å². The lowest BCUT2D eigenvalue weighted by Crippen LogP contribution is -2.24. The SMILES string of the molecule is COCCOCCNC(C)c1ccc(S(N)(=O)=O)cc1. The number of nitrogens with two attached hydrogens (primary N) is 1. The van der Waals surface area contributed by atoms with E-state index in [1.807, 2.05) is 6.92 Å². The molecule has 7 heteroatoms. The van der Waals surface area contributed by atoms with E-state index in [9.17, 15) is 8.42 Å². The maximum absolute atomic E-state index is 11.1. The zero-order valence-corrected chi connectivity index (χ0v) is 12.7. The molecule has 1 rings (SSSR count). The van der Waals surface area contributed by atoms with Gasteiger partial charge in [0.2, 0.25) is 10.0 Å². The fourth-order valence-corrected chi connectivity index (χ4v) is 2.17. The van der Waals surface area contributed by atoms with E-state index in [0.717, 1.165) is 5.56 Å². The molecular formula is C13H22N2O4S. The minimum atomic E-state index is -3.63. The Kier molecular flexibility index (Phi) is 7.11. The average Bonchev–Trinajstić information content (AvgIpc) is 2.41. The molecule has 0 amide bonds. The molecule has 0 radical (unpaired) electrons. The summed E-state index contributed by atoms with van der Waals surface area (Å²) in [5.74, 6) is 0. The monoisotopic (exact) mass is 302 g/mol. The van der Waals surface area contributed by atoms with Crippen LogP contribution < -0.4 is 10.5 Å². The van der Waals surface area contributed by atoms with Crippen molar-refractivity contribution < 1.29 is 17.9 Å². The summed E-state index contributed by atoms with van der Waals surface area (Å²) < 4.78 is 32.5. The highest BCUT2D eigenvalue weighted by atomic mass is 32.2. The molecule has 0 aliphatic rings. The number of primary sulfonamides is 1. The molecule has 20 heavy (non-hydrogen) atoms. The third kappa shape index (κ3) is 5.98. The molecule has 0 saturated carbocycles. The van der Waals surface area contributed by atoms with E-state index in [0.29, 0.717) is 26.4 Å². The van der Waals surface area contributed by atoms with Gasteiger partial charge in [-0.25, -0.2) is 13.6 Å². The molecule has 0 saturated heterocycles. The normalized spacial score (nSPS) is 13.3. The van der Waals surface area contributed by atoms with Gasteiger partial charge in [0.25, 0.3) is 0 Å². The molecule has 1 unspecified atom stereocenters. The minimum absolute atomic E-state index is 0.107. The molecule has 0 heterocycles. The maximum Gasteiger partial charge on any atom is 0.238 e. The number of nitrogens with one attached hydrogen (secondary N) is 1. The Morgan fingerprint density at radius 1 is 1.20 bits per heavy atom. The molecule has 3 N–H and O–H groups in total. The minimum Gasteiger partial charge on any atom is -0.382 e. The smallest absolute Gasteiger partial charge is 0.238 e. The van der Waals surface area contributed by atoms with Gasteiger partial charge in [0, 0.05) is 19.7 Å².